The first-order valence-corrected chi connectivity index (χ1v) is 3.48. The largest absolute Gasteiger partial charge is 0.419 e. The molecule has 0 aliphatic carbocycles. The van der Waals surface area contributed by atoms with Crippen LogP contribution in [-0.4, -0.2) is 0 Å². The molecule has 6 heteroatoms. The Hall–Kier alpha value is -1.20. The van der Waals surface area contributed by atoms with Crippen LogP contribution in [0.5, 0.6) is 0 Å². The van der Waals surface area contributed by atoms with Crippen molar-refractivity contribution in [3.8, 4) is 0 Å². The zero-order valence-corrected chi connectivity index (χ0v) is 6.58. The number of hydrogen-bond donors (Lipinski definition) is 0. The highest BCUT2D eigenvalue weighted by Crippen LogP contribution is 2.37. The van der Waals surface area contributed by atoms with Gasteiger partial charge < -0.3 is 0 Å². The van der Waals surface area contributed by atoms with Gasteiger partial charge in [-0.2, -0.15) is 13.2 Å². The van der Waals surface area contributed by atoms with Gasteiger partial charge in [-0.1, -0.05) is 12.1 Å². The average molecular weight is 214 g/mol. The normalized spacial score (nSPS) is 12.2. The molecule has 0 aliphatic rings. The maximum absolute atomic E-state index is 12.7. The van der Waals surface area contributed by atoms with Crippen LogP contribution in [0.1, 0.15) is 17.6 Å². The van der Waals surface area contributed by atoms with Gasteiger partial charge in [0.15, 0.2) is 0 Å². The second-order valence-corrected chi connectivity index (χ2v) is 2.50. The summed E-state index contributed by atoms with van der Waals surface area (Å²) in [5.41, 5.74) is -3.23. The van der Waals surface area contributed by atoms with E-state index in [1.54, 1.807) is 0 Å². The van der Waals surface area contributed by atoms with Gasteiger partial charge in [0.2, 0.25) is 0 Å². The zero-order chi connectivity index (χ0) is 10.9. The van der Waals surface area contributed by atoms with Crippen LogP contribution in [0.25, 0.3) is 0 Å². The molecule has 0 fully saturated rings. The Balaban J connectivity index is 3.38. The van der Waals surface area contributed by atoms with E-state index in [0.717, 1.165) is 6.07 Å². The second kappa shape index (κ2) is 3.51. The minimum atomic E-state index is -5.10. The van der Waals surface area contributed by atoms with E-state index in [9.17, 15) is 26.3 Å². The third-order valence-electron chi connectivity index (χ3n) is 1.56. The van der Waals surface area contributed by atoms with Crippen LogP contribution in [-0.2, 0) is 6.18 Å². The first-order chi connectivity index (χ1) is 6.34. The van der Waals surface area contributed by atoms with Crippen molar-refractivity contribution in [2.24, 2.45) is 0 Å². The molecule has 0 atom stereocenters. The third kappa shape index (κ3) is 2.00. The Morgan fingerprint density at radius 1 is 1.07 bits per heavy atom. The Kier molecular flexibility index (Phi) is 2.73. The number of rotatable bonds is 1. The van der Waals surface area contributed by atoms with E-state index in [4.69, 9.17) is 0 Å². The van der Waals surface area contributed by atoms with Crippen molar-refractivity contribution >= 4 is 0 Å². The molecule has 0 N–H and O–H groups in total. The van der Waals surface area contributed by atoms with Crippen molar-refractivity contribution in [3.63, 3.8) is 0 Å². The Morgan fingerprint density at radius 3 is 2.00 bits per heavy atom. The molecule has 0 bridgehead atoms. The van der Waals surface area contributed by atoms with E-state index in [1.807, 2.05) is 0 Å². The Labute approximate surface area is 75.2 Å². The zero-order valence-electron chi connectivity index (χ0n) is 6.58. The molecule has 0 radical (unpaired) electrons. The highest BCUT2D eigenvalue weighted by molar-refractivity contribution is 5.32. The van der Waals surface area contributed by atoms with Crippen LogP contribution in [0, 0.1) is 5.82 Å². The minimum Gasteiger partial charge on any atom is -0.206 e. The summed E-state index contributed by atoms with van der Waals surface area (Å²) in [5, 5.41) is 0. The van der Waals surface area contributed by atoms with Crippen LogP contribution >= 0.6 is 0 Å². The summed E-state index contributed by atoms with van der Waals surface area (Å²) in [6.07, 6.45) is -8.45. The van der Waals surface area contributed by atoms with Gasteiger partial charge in [-0.25, -0.2) is 13.2 Å². The first-order valence-electron chi connectivity index (χ1n) is 3.48. The average Bonchev–Trinajstić information content (AvgIpc) is 2.01. The Morgan fingerprint density at radius 2 is 1.64 bits per heavy atom. The first kappa shape index (κ1) is 10.9. The quantitative estimate of drug-likeness (QED) is 0.624. The molecule has 0 spiro atoms. The lowest BCUT2D eigenvalue weighted by atomic mass is 10.1. The highest BCUT2D eigenvalue weighted by atomic mass is 19.4. The molecule has 0 heterocycles. The summed E-state index contributed by atoms with van der Waals surface area (Å²) in [6.45, 7) is 0. The van der Waals surface area contributed by atoms with Crippen LogP contribution in [0.15, 0.2) is 18.2 Å². The van der Waals surface area contributed by atoms with Gasteiger partial charge in [0.25, 0.3) is 6.43 Å². The summed E-state index contributed by atoms with van der Waals surface area (Å²) >= 11 is 0. The number of benzene rings is 1. The predicted molar refractivity (Wildman–Crippen MR) is 36.4 cm³/mol. The molecule has 0 saturated carbocycles. The molecule has 0 unspecified atom stereocenters. The topological polar surface area (TPSA) is 0 Å². The van der Waals surface area contributed by atoms with E-state index in [0.29, 0.717) is 12.1 Å². The SMILES string of the molecule is Fc1cccc(C(F)F)c1C(F)(F)F. The molecular weight excluding hydrogens is 210 g/mol. The molecule has 0 aromatic heterocycles. The molecule has 0 amide bonds. The third-order valence-corrected chi connectivity index (χ3v) is 1.56. The van der Waals surface area contributed by atoms with Crippen molar-refractivity contribution in [2.45, 2.75) is 12.6 Å². The van der Waals surface area contributed by atoms with Gasteiger partial charge in [0.1, 0.15) is 11.4 Å². The van der Waals surface area contributed by atoms with Crippen LogP contribution in [0.2, 0.25) is 0 Å². The maximum atomic E-state index is 12.7. The standard InChI is InChI=1S/C8H4F6/c9-5-3-1-2-4(7(10)11)6(5)8(12,13)14/h1-3,7H. The predicted octanol–water partition coefficient (Wildman–Crippen LogP) is 3.78. The van der Waals surface area contributed by atoms with Crippen LogP contribution in [0.4, 0.5) is 26.3 Å². The summed E-state index contributed by atoms with van der Waals surface area (Å²) in [4.78, 5) is 0. The molecule has 1 aromatic carbocycles. The second-order valence-electron chi connectivity index (χ2n) is 2.50. The molecule has 0 nitrogen and oxygen atoms in total. The van der Waals surface area contributed by atoms with Gasteiger partial charge in [-0.05, 0) is 6.07 Å². The summed E-state index contributed by atoms with van der Waals surface area (Å²) in [5.74, 6) is -1.68. The summed E-state index contributed by atoms with van der Waals surface area (Å²) in [6, 6.07) is 1.86. The molecule has 14 heavy (non-hydrogen) atoms. The molecule has 1 rings (SSSR count). The van der Waals surface area contributed by atoms with E-state index in [1.165, 1.54) is 0 Å². The molecule has 78 valence electrons. The highest BCUT2D eigenvalue weighted by Gasteiger charge is 2.38. The van der Waals surface area contributed by atoms with Crippen LogP contribution in [0.3, 0.4) is 0 Å². The molecular formula is C8H4F6. The minimum absolute atomic E-state index is 0.495. The van der Waals surface area contributed by atoms with E-state index in [-0.39, 0.29) is 0 Å². The smallest absolute Gasteiger partial charge is 0.206 e. The molecule has 0 saturated heterocycles. The fourth-order valence-corrected chi connectivity index (χ4v) is 1.02. The monoisotopic (exact) mass is 214 g/mol. The van der Waals surface area contributed by atoms with Crippen LogP contribution < -0.4 is 0 Å². The van der Waals surface area contributed by atoms with Crippen molar-refractivity contribution in [1.29, 1.82) is 0 Å². The van der Waals surface area contributed by atoms with Crippen molar-refractivity contribution in [1.82, 2.24) is 0 Å². The van der Waals surface area contributed by atoms with Crippen molar-refractivity contribution in [3.05, 3.63) is 35.1 Å². The van der Waals surface area contributed by atoms with Gasteiger partial charge in [-0.3, -0.25) is 0 Å². The summed E-state index contributed by atoms with van der Waals surface area (Å²) in [7, 11) is 0. The number of hydrogen-bond acceptors (Lipinski definition) is 0. The lowest BCUT2D eigenvalue weighted by Crippen LogP contribution is -2.12. The number of halogens is 6. The molecule has 0 aliphatic heterocycles. The maximum Gasteiger partial charge on any atom is 0.419 e. The fourth-order valence-electron chi connectivity index (χ4n) is 1.02. The van der Waals surface area contributed by atoms with E-state index >= 15 is 0 Å². The van der Waals surface area contributed by atoms with Gasteiger partial charge in [0, 0.05) is 5.56 Å². The van der Waals surface area contributed by atoms with E-state index < -0.39 is 29.5 Å². The number of alkyl halides is 5. The Bertz CT molecular complexity index is 327. The van der Waals surface area contributed by atoms with Gasteiger partial charge in [0.05, 0.1) is 0 Å². The lowest BCUT2D eigenvalue weighted by Gasteiger charge is -2.12. The lowest BCUT2D eigenvalue weighted by molar-refractivity contribution is -0.142. The van der Waals surface area contributed by atoms with Crippen molar-refractivity contribution in [2.75, 3.05) is 0 Å². The molecule has 1 aromatic rings. The van der Waals surface area contributed by atoms with Crippen molar-refractivity contribution < 1.29 is 26.3 Å². The van der Waals surface area contributed by atoms with Gasteiger partial charge >= 0.3 is 6.18 Å². The van der Waals surface area contributed by atoms with Gasteiger partial charge in [-0.15, -0.1) is 0 Å². The summed E-state index contributed by atoms with van der Waals surface area (Å²) < 4.78 is 73.1. The fraction of sp³-hybridized carbons (Fsp3) is 0.250. The van der Waals surface area contributed by atoms with E-state index in [2.05, 4.69) is 0 Å².